The van der Waals surface area contributed by atoms with Crippen molar-refractivity contribution in [3.63, 3.8) is 0 Å². The number of aliphatic carboxylic acids is 1. The Morgan fingerprint density at radius 3 is 2.20 bits per heavy atom. The van der Waals surface area contributed by atoms with Crippen LogP contribution >= 0.6 is 0 Å². The number of carboxylic acid groups (broad SMARTS) is 1. The van der Waals surface area contributed by atoms with E-state index in [-0.39, 0.29) is 18.0 Å². The van der Waals surface area contributed by atoms with E-state index < -0.39 is 11.9 Å². The number of carbonyl (C=O) groups is 2. The monoisotopic (exact) mass is 212 g/mol. The predicted molar refractivity (Wildman–Crippen MR) is 54.2 cm³/mol. The molecule has 15 heavy (non-hydrogen) atoms. The average Bonchev–Trinajstić information content (AvgIpc) is 2.17. The number of rotatable bonds is 3. The largest absolute Gasteiger partial charge is 0.481 e. The summed E-state index contributed by atoms with van der Waals surface area (Å²) in [6.07, 6.45) is 4.16. The van der Waals surface area contributed by atoms with Gasteiger partial charge in [-0.25, -0.2) is 0 Å². The van der Waals surface area contributed by atoms with Gasteiger partial charge in [-0.05, 0) is 26.7 Å². The number of carbonyl (C=O) groups excluding carboxylic acids is 1. The van der Waals surface area contributed by atoms with Gasteiger partial charge in [0, 0.05) is 0 Å². The Morgan fingerprint density at radius 2 is 1.80 bits per heavy atom. The predicted octanol–water partition coefficient (Wildman–Crippen LogP) is 1.60. The number of carboxylic acids is 1. The lowest BCUT2D eigenvalue weighted by atomic mass is 9.89. The molecule has 0 aliphatic heterocycles. The van der Waals surface area contributed by atoms with E-state index in [9.17, 15) is 9.59 Å². The first-order valence-electron chi connectivity index (χ1n) is 5.12. The minimum absolute atomic E-state index is 0.122. The van der Waals surface area contributed by atoms with Crippen LogP contribution in [0.4, 0.5) is 0 Å². The molecule has 4 nitrogen and oxygen atoms in total. The minimum Gasteiger partial charge on any atom is -0.481 e. The topological polar surface area (TPSA) is 63.6 Å². The third-order valence-electron chi connectivity index (χ3n) is 2.34. The van der Waals surface area contributed by atoms with E-state index in [4.69, 9.17) is 9.84 Å². The van der Waals surface area contributed by atoms with Crippen molar-refractivity contribution in [2.24, 2.45) is 11.8 Å². The van der Waals surface area contributed by atoms with Gasteiger partial charge in [-0.2, -0.15) is 0 Å². The van der Waals surface area contributed by atoms with E-state index in [0.29, 0.717) is 12.8 Å². The zero-order chi connectivity index (χ0) is 11.4. The minimum atomic E-state index is -0.832. The van der Waals surface area contributed by atoms with Crippen LogP contribution in [-0.2, 0) is 14.3 Å². The summed E-state index contributed by atoms with van der Waals surface area (Å²) in [5, 5.41) is 8.74. The van der Waals surface area contributed by atoms with Gasteiger partial charge in [0.15, 0.2) is 0 Å². The number of esters is 1. The van der Waals surface area contributed by atoms with Gasteiger partial charge in [0.1, 0.15) is 0 Å². The normalized spacial score (nSPS) is 25.3. The van der Waals surface area contributed by atoms with Crippen molar-refractivity contribution >= 4 is 11.9 Å². The quantitative estimate of drug-likeness (QED) is 0.570. The van der Waals surface area contributed by atoms with Crippen molar-refractivity contribution < 1.29 is 19.4 Å². The molecule has 84 valence electrons. The summed E-state index contributed by atoms with van der Waals surface area (Å²) in [5.74, 6) is -1.82. The molecule has 0 bridgehead atoms. The second kappa shape index (κ2) is 4.96. The number of hydrogen-bond donors (Lipinski definition) is 1. The Kier molecular flexibility index (Phi) is 3.88. The summed E-state index contributed by atoms with van der Waals surface area (Å²) in [6.45, 7) is 3.59. The third kappa shape index (κ3) is 3.38. The first-order chi connectivity index (χ1) is 7.00. The third-order valence-corrected chi connectivity index (χ3v) is 2.34. The van der Waals surface area contributed by atoms with Crippen molar-refractivity contribution in [1.29, 1.82) is 0 Å². The molecule has 0 radical (unpaired) electrons. The first kappa shape index (κ1) is 11.8. The maximum Gasteiger partial charge on any atom is 0.313 e. The van der Waals surface area contributed by atoms with E-state index in [2.05, 4.69) is 0 Å². The second-order valence-corrected chi connectivity index (χ2v) is 4.00. The molecule has 1 aliphatic rings. The zero-order valence-electron chi connectivity index (χ0n) is 8.97. The maximum absolute atomic E-state index is 11.5. The van der Waals surface area contributed by atoms with E-state index >= 15 is 0 Å². The highest BCUT2D eigenvalue weighted by atomic mass is 16.5. The molecule has 0 fully saturated rings. The van der Waals surface area contributed by atoms with Crippen LogP contribution in [0.5, 0.6) is 0 Å². The van der Waals surface area contributed by atoms with Crippen LogP contribution in [0.1, 0.15) is 26.7 Å². The van der Waals surface area contributed by atoms with Crippen molar-refractivity contribution in [3.05, 3.63) is 12.2 Å². The molecule has 0 aromatic carbocycles. The van der Waals surface area contributed by atoms with Crippen molar-refractivity contribution in [2.45, 2.75) is 32.8 Å². The smallest absolute Gasteiger partial charge is 0.313 e. The van der Waals surface area contributed by atoms with Crippen molar-refractivity contribution in [2.75, 3.05) is 0 Å². The first-order valence-corrected chi connectivity index (χ1v) is 5.12. The molecule has 0 saturated heterocycles. The summed E-state index contributed by atoms with van der Waals surface area (Å²) in [4.78, 5) is 22.1. The highest BCUT2D eigenvalue weighted by Gasteiger charge is 2.26. The van der Waals surface area contributed by atoms with Gasteiger partial charge in [0.25, 0.3) is 0 Å². The summed E-state index contributed by atoms with van der Waals surface area (Å²) in [6, 6.07) is 0. The highest BCUT2D eigenvalue weighted by molar-refractivity contribution is 5.77. The van der Waals surface area contributed by atoms with Gasteiger partial charge >= 0.3 is 11.9 Å². The molecule has 0 saturated carbocycles. The van der Waals surface area contributed by atoms with Crippen LogP contribution in [0.25, 0.3) is 0 Å². The highest BCUT2D eigenvalue weighted by Crippen LogP contribution is 2.23. The molecule has 1 aliphatic carbocycles. The Labute approximate surface area is 88.9 Å². The van der Waals surface area contributed by atoms with E-state index in [1.54, 1.807) is 26.0 Å². The van der Waals surface area contributed by atoms with Crippen LogP contribution in [0.3, 0.4) is 0 Å². The number of ether oxygens (including phenoxy) is 1. The Hall–Kier alpha value is -1.32. The lowest BCUT2D eigenvalue weighted by molar-refractivity contribution is -0.152. The molecular formula is C11H16O4. The molecule has 0 spiro atoms. The molecule has 2 atom stereocenters. The molecule has 1 rings (SSSR count). The molecular weight excluding hydrogens is 196 g/mol. The van der Waals surface area contributed by atoms with Crippen molar-refractivity contribution in [3.8, 4) is 0 Å². The molecule has 0 heterocycles. The molecule has 0 aromatic rings. The fourth-order valence-corrected chi connectivity index (χ4v) is 1.54. The Balaban J connectivity index is 2.51. The van der Waals surface area contributed by atoms with Crippen LogP contribution in [0.2, 0.25) is 0 Å². The molecule has 1 N–H and O–H groups in total. The lowest BCUT2D eigenvalue weighted by Gasteiger charge is -2.20. The van der Waals surface area contributed by atoms with Crippen LogP contribution in [0, 0.1) is 11.8 Å². The van der Waals surface area contributed by atoms with Crippen LogP contribution in [-0.4, -0.2) is 23.1 Å². The molecule has 0 amide bonds. The van der Waals surface area contributed by atoms with Gasteiger partial charge in [-0.1, -0.05) is 12.2 Å². The average molecular weight is 212 g/mol. The lowest BCUT2D eigenvalue weighted by Crippen LogP contribution is -2.24. The van der Waals surface area contributed by atoms with Gasteiger partial charge in [0.2, 0.25) is 0 Å². The standard InChI is InChI=1S/C11H16O4/c1-7(2)15-11(14)9-5-3-8(4-6-9)10(12)13/h3,5,7-9H,4,6H2,1-2H3,(H,12,13). The van der Waals surface area contributed by atoms with Crippen LogP contribution < -0.4 is 0 Å². The van der Waals surface area contributed by atoms with Crippen LogP contribution in [0.15, 0.2) is 12.2 Å². The fourth-order valence-electron chi connectivity index (χ4n) is 1.54. The summed E-state index contributed by atoms with van der Waals surface area (Å²) in [7, 11) is 0. The number of hydrogen-bond acceptors (Lipinski definition) is 3. The molecule has 2 unspecified atom stereocenters. The van der Waals surface area contributed by atoms with Gasteiger partial charge in [-0.3, -0.25) is 9.59 Å². The fraction of sp³-hybridized carbons (Fsp3) is 0.636. The second-order valence-electron chi connectivity index (χ2n) is 4.00. The summed E-state index contributed by atoms with van der Waals surface area (Å²) < 4.78 is 5.05. The Bertz CT molecular complexity index is 280. The summed E-state index contributed by atoms with van der Waals surface area (Å²) >= 11 is 0. The molecule has 0 aromatic heterocycles. The van der Waals surface area contributed by atoms with Crippen molar-refractivity contribution in [1.82, 2.24) is 0 Å². The summed E-state index contributed by atoms with van der Waals surface area (Å²) in [5.41, 5.74) is 0. The van der Waals surface area contributed by atoms with Gasteiger partial charge < -0.3 is 9.84 Å². The van der Waals surface area contributed by atoms with Gasteiger partial charge in [0.05, 0.1) is 17.9 Å². The Morgan fingerprint density at radius 1 is 1.27 bits per heavy atom. The SMILES string of the molecule is CC(C)OC(=O)C1C=CC(C(=O)O)CC1. The van der Waals surface area contributed by atoms with E-state index in [0.717, 1.165) is 0 Å². The maximum atomic E-state index is 11.5. The van der Waals surface area contributed by atoms with Gasteiger partial charge in [-0.15, -0.1) is 0 Å². The zero-order valence-corrected chi connectivity index (χ0v) is 8.97. The van der Waals surface area contributed by atoms with E-state index in [1.165, 1.54) is 0 Å². The van der Waals surface area contributed by atoms with E-state index in [1.807, 2.05) is 0 Å². The molecule has 4 heteroatoms.